The molecule has 2 nitrogen and oxygen atoms in total. The van der Waals surface area contributed by atoms with E-state index in [0.717, 1.165) is 0 Å². The Kier molecular flexibility index (Phi) is 3.36. The van der Waals surface area contributed by atoms with Crippen molar-refractivity contribution in [2.75, 3.05) is 0 Å². The van der Waals surface area contributed by atoms with Crippen LogP contribution in [0.3, 0.4) is 0 Å². The Bertz CT molecular complexity index is 662. The highest BCUT2D eigenvalue weighted by molar-refractivity contribution is 6.30. The minimum absolute atomic E-state index is 0.0459. The lowest BCUT2D eigenvalue weighted by Crippen LogP contribution is -2.25. The van der Waals surface area contributed by atoms with Gasteiger partial charge in [-0.15, -0.1) is 0 Å². The van der Waals surface area contributed by atoms with Crippen LogP contribution < -0.4 is 10.5 Å². The first-order valence-corrected chi connectivity index (χ1v) is 6.59. The second kappa shape index (κ2) is 5.04. The van der Waals surface area contributed by atoms with Crippen molar-refractivity contribution >= 4 is 11.6 Å². The van der Waals surface area contributed by atoms with Gasteiger partial charge in [0.25, 0.3) is 0 Å². The van der Waals surface area contributed by atoms with Gasteiger partial charge >= 0.3 is 0 Å². The van der Waals surface area contributed by atoms with Gasteiger partial charge in [-0.3, -0.25) is 0 Å². The van der Waals surface area contributed by atoms with Gasteiger partial charge in [0.05, 0.1) is 5.02 Å². The van der Waals surface area contributed by atoms with E-state index in [9.17, 15) is 8.78 Å². The van der Waals surface area contributed by atoms with E-state index in [4.69, 9.17) is 22.1 Å². The summed E-state index contributed by atoms with van der Waals surface area (Å²) in [4.78, 5) is 0. The highest BCUT2D eigenvalue weighted by Gasteiger charge is 2.29. The Hall–Kier alpha value is -1.65. The van der Waals surface area contributed by atoms with Crippen LogP contribution in [0.25, 0.3) is 0 Å². The molecule has 0 spiro atoms. The third-order valence-corrected chi connectivity index (χ3v) is 3.73. The van der Waals surface area contributed by atoms with Crippen LogP contribution in [-0.2, 0) is 0 Å². The highest BCUT2D eigenvalue weighted by Crippen LogP contribution is 2.41. The van der Waals surface area contributed by atoms with Crippen molar-refractivity contribution in [1.29, 1.82) is 0 Å². The van der Waals surface area contributed by atoms with Crippen LogP contribution in [0.15, 0.2) is 36.4 Å². The summed E-state index contributed by atoms with van der Waals surface area (Å²) in [6.45, 7) is 0. The molecule has 1 heterocycles. The smallest absolute Gasteiger partial charge is 0.148 e. The zero-order valence-corrected chi connectivity index (χ0v) is 11.2. The van der Waals surface area contributed by atoms with Crippen LogP contribution in [0.4, 0.5) is 8.78 Å². The van der Waals surface area contributed by atoms with Gasteiger partial charge in [0, 0.05) is 23.6 Å². The predicted molar refractivity (Wildman–Crippen MR) is 72.7 cm³/mol. The first kappa shape index (κ1) is 13.3. The van der Waals surface area contributed by atoms with Crippen LogP contribution in [-0.4, -0.2) is 0 Å². The summed E-state index contributed by atoms with van der Waals surface area (Å²) in [6.07, 6.45) is -0.157. The molecule has 0 bridgehead atoms. The van der Waals surface area contributed by atoms with E-state index in [1.165, 1.54) is 24.3 Å². The van der Waals surface area contributed by atoms with E-state index >= 15 is 0 Å². The average Bonchev–Trinajstić information content (AvgIpc) is 2.42. The number of hydrogen-bond acceptors (Lipinski definition) is 2. The molecule has 0 saturated carbocycles. The summed E-state index contributed by atoms with van der Waals surface area (Å²) in [6, 6.07) is 8.51. The Labute approximate surface area is 120 Å². The van der Waals surface area contributed by atoms with E-state index in [-0.39, 0.29) is 10.8 Å². The maximum atomic E-state index is 14.0. The van der Waals surface area contributed by atoms with E-state index in [0.29, 0.717) is 23.3 Å². The van der Waals surface area contributed by atoms with Crippen molar-refractivity contribution in [3.63, 3.8) is 0 Å². The fraction of sp³-hybridized carbons (Fsp3) is 0.200. The van der Waals surface area contributed by atoms with Crippen molar-refractivity contribution in [3.8, 4) is 5.75 Å². The summed E-state index contributed by atoms with van der Waals surface area (Å²) in [5.41, 5.74) is 6.99. The molecule has 20 heavy (non-hydrogen) atoms. The molecule has 1 aliphatic heterocycles. The molecule has 2 unspecified atom stereocenters. The number of ether oxygens (including phenoxy) is 1. The lowest BCUT2D eigenvalue weighted by atomic mass is 9.93. The normalized spacial score (nSPS) is 21.2. The zero-order chi connectivity index (χ0) is 14.3. The van der Waals surface area contributed by atoms with E-state index in [2.05, 4.69) is 0 Å². The molecule has 0 saturated heterocycles. The summed E-state index contributed by atoms with van der Waals surface area (Å²) >= 11 is 5.78. The maximum Gasteiger partial charge on any atom is 0.148 e. The molecule has 5 heteroatoms. The van der Waals surface area contributed by atoms with E-state index in [1.807, 2.05) is 0 Å². The van der Waals surface area contributed by atoms with Crippen molar-refractivity contribution in [2.45, 2.75) is 18.6 Å². The first-order valence-electron chi connectivity index (χ1n) is 6.22. The van der Waals surface area contributed by atoms with Crippen molar-refractivity contribution in [1.82, 2.24) is 0 Å². The molecule has 104 valence electrons. The number of nitrogens with two attached hydrogens (primary N) is 1. The molecular formula is C15H12ClF2NO. The van der Waals surface area contributed by atoms with Gasteiger partial charge in [0.2, 0.25) is 0 Å². The van der Waals surface area contributed by atoms with Gasteiger partial charge in [-0.05, 0) is 24.3 Å². The Morgan fingerprint density at radius 3 is 2.75 bits per heavy atom. The number of hydrogen-bond donors (Lipinski definition) is 1. The average molecular weight is 296 g/mol. The first-order chi connectivity index (χ1) is 9.56. The minimum atomic E-state index is -0.526. The van der Waals surface area contributed by atoms with Crippen LogP contribution in [0.1, 0.15) is 29.7 Å². The van der Waals surface area contributed by atoms with Gasteiger partial charge < -0.3 is 10.5 Å². The third-order valence-electron chi connectivity index (χ3n) is 3.44. The summed E-state index contributed by atoms with van der Waals surface area (Å²) < 4.78 is 33.0. The Morgan fingerprint density at radius 2 is 1.95 bits per heavy atom. The number of fused-ring (bicyclic) bond motifs is 1. The number of halogens is 3. The molecule has 1 aliphatic rings. The molecule has 2 aromatic carbocycles. The number of rotatable bonds is 1. The van der Waals surface area contributed by atoms with Gasteiger partial charge in [-0.2, -0.15) is 0 Å². The van der Waals surface area contributed by atoms with Gasteiger partial charge in [-0.1, -0.05) is 23.7 Å². The SMILES string of the molecule is NC1CC(c2cccc(Cl)c2F)Oc2ccc(F)cc21. The van der Waals surface area contributed by atoms with Crippen molar-refractivity contribution < 1.29 is 13.5 Å². The van der Waals surface area contributed by atoms with Gasteiger partial charge in [-0.25, -0.2) is 8.78 Å². The second-order valence-electron chi connectivity index (χ2n) is 4.77. The van der Waals surface area contributed by atoms with E-state index < -0.39 is 18.0 Å². The van der Waals surface area contributed by atoms with Gasteiger partial charge in [0.1, 0.15) is 23.5 Å². The molecular weight excluding hydrogens is 284 g/mol. The largest absolute Gasteiger partial charge is 0.485 e. The minimum Gasteiger partial charge on any atom is -0.485 e. The molecule has 2 N–H and O–H groups in total. The van der Waals surface area contributed by atoms with Gasteiger partial charge in [0.15, 0.2) is 0 Å². The zero-order valence-electron chi connectivity index (χ0n) is 10.4. The lowest BCUT2D eigenvalue weighted by molar-refractivity contribution is 0.157. The van der Waals surface area contributed by atoms with Crippen molar-refractivity contribution in [3.05, 3.63) is 64.2 Å². The number of benzene rings is 2. The maximum absolute atomic E-state index is 14.0. The summed E-state index contributed by atoms with van der Waals surface area (Å²) in [5, 5.41) is 0.0459. The van der Waals surface area contributed by atoms with Crippen LogP contribution in [0, 0.1) is 11.6 Å². The molecule has 2 atom stereocenters. The summed E-state index contributed by atoms with van der Waals surface area (Å²) in [5.74, 6) is -0.387. The lowest BCUT2D eigenvalue weighted by Gasteiger charge is -2.30. The van der Waals surface area contributed by atoms with Crippen LogP contribution in [0.2, 0.25) is 5.02 Å². The topological polar surface area (TPSA) is 35.2 Å². The molecule has 0 radical (unpaired) electrons. The molecule has 0 aromatic heterocycles. The summed E-state index contributed by atoms with van der Waals surface area (Å²) in [7, 11) is 0. The molecule has 0 fully saturated rings. The monoisotopic (exact) mass is 295 g/mol. The molecule has 3 rings (SSSR count). The molecule has 0 aliphatic carbocycles. The quantitative estimate of drug-likeness (QED) is 0.858. The molecule has 0 amide bonds. The fourth-order valence-electron chi connectivity index (χ4n) is 2.43. The third kappa shape index (κ3) is 2.25. The highest BCUT2D eigenvalue weighted by atomic mass is 35.5. The van der Waals surface area contributed by atoms with Crippen LogP contribution in [0.5, 0.6) is 5.75 Å². The second-order valence-corrected chi connectivity index (χ2v) is 5.18. The van der Waals surface area contributed by atoms with E-state index in [1.54, 1.807) is 12.1 Å². The standard InChI is InChI=1S/C15H12ClF2NO/c16-11-3-1-2-9(15(11)18)14-7-12(19)10-6-8(17)4-5-13(10)20-14/h1-6,12,14H,7,19H2. The fourth-order valence-corrected chi connectivity index (χ4v) is 2.62. The predicted octanol–water partition coefficient (Wildman–Crippen LogP) is 4.14. The Morgan fingerprint density at radius 1 is 1.15 bits per heavy atom. The molecule has 2 aromatic rings. The Balaban J connectivity index is 1.99. The van der Waals surface area contributed by atoms with Crippen molar-refractivity contribution in [2.24, 2.45) is 5.73 Å². The van der Waals surface area contributed by atoms with Crippen LogP contribution >= 0.6 is 11.6 Å².